The zero-order valence-corrected chi connectivity index (χ0v) is 18.1. The molecule has 156 valence electrons. The number of halogens is 1. The molecule has 0 bridgehead atoms. The number of rotatable bonds is 8. The van der Waals surface area contributed by atoms with Gasteiger partial charge in [-0.3, -0.25) is 4.79 Å². The van der Waals surface area contributed by atoms with Crippen LogP contribution in [-0.2, 0) is 17.8 Å². The number of quaternary nitrogens is 2. The highest BCUT2D eigenvalue weighted by molar-refractivity contribution is 6.30. The van der Waals surface area contributed by atoms with Crippen molar-refractivity contribution in [2.24, 2.45) is 0 Å². The zero-order chi connectivity index (χ0) is 20.6. The Kier molecular flexibility index (Phi) is 7.92. The summed E-state index contributed by atoms with van der Waals surface area (Å²) < 4.78 is 5.51. The van der Waals surface area contributed by atoms with Crippen molar-refractivity contribution in [3.05, 3.63) is 64.2 Å². The van der Waals surface area contributed by atoms with Gasteiger partial charge in [-0.1, -0.05) is 35.4 Å². The lowest BCUT2D eigenvalue weighted by molar-refractivity contribution is -1.02. The maximum atomic E-state index is 12.3. The van der Waals surface area contributed by atoms with Gasteiger partial charge in [-0.05, 0) is 43.2 Å². The lowest BCUT2D eigenvalue weighted by atomic mass is 10.1. The largest absolute Gasteiger partial charge is 0.496 e. The summed E-state index contributed by atoms with van der Waals surface area (Å²) in [5.41, 5.74) is 3.68. The van der Waals surface area contributed by atoms with Gasteiger partial charge in [0.2, 0.25) is 0 Å². The van der Waals surface area contributed by atoms with Crippen LogP contribution in [0, 0.1) is 6.92 Å². The van der Waals surface area contributed by atoms with Crippen LogP contribution >= 0.6 is 11.6 Å². The average Bonchev–Trinajstić information content (AvgIpc) is 2.70. The molecule has 0 aliphatic carbocycles. The summed E-state index contributed by atoms with van der Waals surface area (Å²) >= 11 is 6.00. The number of nitrogens with one attached hydrogen (secondary N) is 3. The van der Waals surface area contributed by atoms with E-state index >= 15 is 0 Å². The Hall–Kier alpha value is -2.08. The van der Waals surface area contributed by atoms with Crippen molar-refractivity contribution in [3.8, 4) is 5.75 Å². The van der Waals surface area contributed by atoms with Gasteiger partial charge < -0.3 is 19.9 Å². The van der Waals surface area contributed by atoms with Gasteiger partial charge in [0.25, 0.3) is 5.91 Å². The second kappa shape index (κ2) is 10.6. The van der Waals surface area contributed by atoms with E-state index in [9.17, 15) is 4.79 Å². The van der Waals surface area contributed by atoms with E-state index in [1.165, 1.54) is 16.0 Å². The van der Waals surface area contributed by atoms with Crippen LogP contribution in [0.1, 0.15) is 16.7 Å². The van der Waals surface area contributed by atoms with Crippen LogP contribution in [0.5, 0.6) is 5.75 Å². The second-order valence-corrected chi connectivity index (χ2v) is 8.34. The molecule has 0 aromatic heterocycles. The molecule has 1 aliphatic rings. The van der Waals surface area contributed by atoms with E-state index < -0.39 is 0 Å². The normalized spacial score (nSPS) is 19.0. The maximum absolute atomic E-state index is 12.3. The van der Waals surface area contributed by atoms with Crippen LogP contribution in [0.25, 0.3) is 0 Å². The monoisotopic (exact) mass is 417 g/mol. The highest BCUT2D eigenvalue weighted by Crippen LogP contribution is 2.18. The molecule has 29 heavy (non-hydrogen) atoms. The molecule has 1 amide bonds. The predicted molar refractivity (Wildman–Crippen MR) is 116 cm³/mol. The Morgan fingerprint density at radius 2 is 1.86 bits per heavy atom. The van der Waals surface area contributed by atoms with Crippen LogP contribution in [0.3, 0.4) is 0 Å². The van der Waals surface area contributed by atoms with Crippen LogP contribution in [-0.4, -0.2) is 52.3 Å². The molecule has 1 aliphatic heterocycles. The third-order valence-corrected chi connectivity index (χ3v) is 5.81. The van der Waals surface area contributed by atoms with E-state index in [4.69, 9.17) is 16.3 Å². The number of benzene rings is 2. The fraction of sp³-hybridized carbons (Fsp3) is 0.435. The molecular weight excluding hydrogens is 386 g/mol. The summed E-state index contributed by atoms with van der Waals surface area (Å²) in [6.45, 7) is 8.48. The Bertz CT molecular complexity index is 820. The number of carbonyl (C=O) groups excluding carboxylic acids is 1. The smallest absolute Gasteiger partial charge is 0.275 e. The maximum Gasteiger partial charge on any atom is 0.275 e. The van der Waals surface area contributed by atoms with Crippen molar-refractivity contribution in [2.45, 2.75) is 19.9 Å². The number of methoxy groups -OCH3 is 1. The SMILES string of the molecule is COc1ccc(C)cc1C[NH+]1CC[NH+](CC(=O)NCCc2cccc(Cl)c2)CC1. The van der Waals surface area contributed by atoms with Gasteiger partial charge in [-0.25, -0.2) is 0 Å². The Balaban J connectivity index is 1.38. The first kappa shape index (κ1) is 21.6. The lowest BCUT2D eigenvalue weighted by Crippen LogP contribution is -3.28. The standard InChI is InChI=1S/C23H30ClN3O2/c1-18-6-7-22(29-2)20(14-18)16-26-10-12-27(13-11-26)17-23(28)25-9-8-19-4-3-5-21(24)15-19/h3-7,14-15H,8-13,16-17H2,1-2H3,(H,25,28)/p+2. The number of hydrogen-bond acceptors (Lipinski definition) is 2. The summed E-state index contributed by atoms with van der Waals surface area (Å²) in [5.74, 6) is 1.10. The number of ether oxygens (including phenoxy) is 1. The minimum Gasteiger partial charge on any atom is -0.496 e. The highest BCUT2D eigenvalue weighted by Gasteiger charge is 2.25. The van der Waals surface area contributed by atoms with Crippen LogP contribution in [0.2, 0.25) is 5.02 Å². The van der Waals surface area contributed by atoms with Crippen LogP contribution in [0.4, 0.5) is 0 Å². The number of piperazine rings is 1. The van der Waals surface area contributed by atoms with E-state index in [1.54, 1.807) is 12.0 Å². The average molecular weight is 418 g/mol. The minimum absolute atomic E-state index is 0.130. The topological polar surface area (TPSA) is 47.2 Å². The molecule has 2 aromatic rings. The first-order valence-electron chi connectivity index (χ1n) is 10.4. The third kappa shape index (κ3) is 6.74. The molecule has 0 atom stereocenters. The number of hydrogen-bond donors (Lipinski definition) is 3. The fourth-order valence-corrected chi connectivity index (χ4v) is 4.17. The van der Waals surface area contributed by atoms with Gasteiger partial charge in [0.1, 0.15) is 38.5 Å². The van der Waals surface area contributed by atoms with Gasteiger partial charge in [-0.2, -0.15) is 0 Å². The first-order chi connectivity index (χ1) is 14.0. The number of carbonyl (C=O) groups is 1. The van der Waals surface area contributed by atoms with E-state index in [-0.39, 0.29) is 5.91 Å². The van der Waals surface area contributed by atoms with E-state index in [0.717, 1.165) is 55.5 Å². The Morgan fingerprint density at radius 3 is 2.59 bits per heavy atom. The van der Waals surface area contributed by atoms with Crippen molar-refractivity contribution >= 4 is 17.5 Å². The third-order valence-electron chi connectivity index (χ3n) is 5.58. The molecule has 0 unspecified atom stereocenters. The van der Waals surface area contributed by atoms with Gasteiger partial charge in [0, 0.05) is 17.1 Å². The molecule has 5 nitrogen and oxygen atoms in total. The van der Waals surface area contributed by atoms with Crippen LogP contribution in [0.15, 0.2) is 42.5 Å². The van der Waals surface area contributed by atoms with Gasteiger partial charge in [-0.15, -0.1) is 0 Å². The highest BCUT2D eigenvalue weighted by atomic mass is 35.5. The van der Waals surface area contributed by atoms with Gasteiger partial charge >= 0.3 is 0 Å². The number of amides is 1. The Morgan fingerprint density at radius 1 is 1.10 bits per heavy atom. The van der Waals surface area contributed by atoms with Crippen molar-refractivity contribution in [1.82, 2.24) is 5.32 Å². The predicted octanol–water partition coefficient (Wildman–Crippen LogP) is 0.299. The van der Waals surface area contributed by atoms with Gasteiger partial charge in [0.05, 0.1) is 7.11 Å². The molecule has 2 aromatic carbocycles. The summed E-state index contributed by atoms with van der Waals surface area (Å²) in [5, 5.41) is 3.78. The van der Waals surface area contributed by atoms with Crippen molar-refractivity contribution in [1.29, 1.82) is 0 Å². The Labute approximate surface area is 178 Å². The van der Waals surface area contributed by atoms with Crippen molar-refractivity contribution in [3.63, 3.8) is 0 Å². The van der Waals surface area contributed by atoms with E-state index in [1.807, 2.05) is 24.3 Å². The summed E-state index contributed by atoms with van der Waals surface area (Å²) in [6, 6.07) is 14.2. The molecule has 1 saturated heterocycles. The number of aryl methyl sites for hydroxylation is 1. The second-order valence-electron chi connectivity index (χ2n) is 7.90. The fourth-order valence-electron chi connectivity index (χ4n) is 3.95. The molecule has 3 rings (SSSR count). The molecule has 1 fully saturated rings. The van der Waals surface area contributed by atoms with Crippen molar-refractivity contribution in [2.75, 3.05) is 46.4 Å². The molecule has 0 spiro atoms. The van der Waals surface area contributed by atoms with Crippen LogP contribution < -0.4 is 19.9 Å². The molecule has 0 saturated carbocycles. The molecular formula is C23H32ClN3O2+2. The molecule has 1 heterocycles. The molecule has 6 heteroatoms. The van der Waals surface area contributed by atoms with Crippen molar-refractivity contribution < 1.29 is 19.3 Å². The van der Waals surface area contributed by atoms with E-state index in [2.05, 4.69) is 30.4 Å². The zero-order valence-electron chi connectivity index (χ0n) is 17.4. The summed E-state index contributed by atoms with van der Waals surface area (Å²) in [4.78, 5) is 15.2. The minimum atomic E-state index is 0.130. The van der Waals surface area contributed by atoms with Gasteiger partial charge in [0.15, 0.2) is 6.54 Å². The molecule has 3 N–H and O–H groups in total. The quantitative estimate of drug-likeness (QED) is 0.578. The lowest BCUT2D eigenvalue weighted by Gasteiger charge is -2.29. The summed E-state index contributed by atoms with van der Waals surface area (Å²) in [6.07, 6.45) is 0.803. The first-order valence-corrected chi connectivity index (χ1v) is 10.7. The van der Waals surface area contributed by atoms with E-state index in [0.29, 0.717) is 13.1 Å². The summed E-state index contributed by atoms with van der Waals surface area (Å²) in [7, 11) is 1.73. The molecule has 0 radical (unpaired) electrons.